The Hall–Kier alpha value is -0.950. The molecule has 0 spiro atoms. The Kier molecular flexibility index (Phi) is 4.80. The number of aromatic amines is 1. The number of nitrogens with zero attached hydrogens (tertiary/aromatic N) is 1. The van der Waals surface area contributed by atoms with Crippen LogP contribution in [0.25, 0.3) is 0 Å². The van der Waals surface area contributed by atoms with Gasteiger partial charge in [0.25, 0.3) is 0 Å². The molecule has 1 unspecified atom stereocenters. The molecule has 1 aromatic heterocycles. The van der Waals surface area contributed by atoms with Crippen molar-refractivity contribution in [1.82, 2.24) is 9.55 Å². The van der Waals surface area contributed by atoms with Gasteiger partial charge in [-0.25, -0.2) is 0 Å². The molecule has 2 aromatic rings. The van der Waals surface area contributed by atoms with Crippen molar-refractivity contribution in [2.24, 2.45) is 5.73 Å². The molecule has 0 fully saturated rings. The first-order chi connectivity index (χ1) is 9.19. The number of halogens is 1. The molecule has 1 atom stereocenters. The van der Waals surface area contributed by atoms with E-state index in [0.29, 0.717) is 12.3 Å². The zero-order chi connectivity index (χ0) is 13.4. The van der Waals surface area contributed by atoms with Gasteiger partial charge in [0.15, 0.2) is 4.77 Å². The van der Waals surface area contributed by atoms with E-state index in [4.69, 9.17) is 18.0 Å². The molecule has 4 N–H and O–H groups in total. The Balaban J connectivity index is 0.00000147. The van der Waals surface area contributed by atoms with E-state index in [1.807, 2.05) is 18.3 Å². The van der Waals surface area contributed by atoms with Crippen molar-refractivity contribution in [3.63, 3.8) is 0 Å². The zero-order valence-corrected chi connectivity index (χ0v) is 13.2. The van der Waals surface area contributed by atoms with E-state index in [1.54, 1.807) is 17.8 Å². The number of rotatable bonds is 2. The molecule has 1 aliphatic rings. The maximum atomic E-state index is 9.60. The lowest BCUT2D eigenvalue weighted by Crippen LogP contribution is -2.21. The maximum Gasteiger partial charge on any atom is 0.177 e. The highest BCUT2D eigenvalue weighted by Crippen LogP contribution is 2.37. The lowest BCUT2D eigenvalue weighted by atomic mass is 10.1. The first kappa shape index (κ1) is 15.4. The smallest absolute Gasteiger partial charge is 0.177 e. The number of benzene rings is 1. The summed E-state index contributed by atoms with van der Waals surface area (Å²) >= 11 is 7.14. The SMILES string of the molecule is Cl.NCc1c[nH]c(=S)n1C1CSc2ccc(O)cc2C1. The summed E-state index contributed by atoms with van der Waals surface area (Å²) in [6, 6.07) is 5.84. The summed E-state index contributed by atoms with van der Waals surface area (Å²) in [5, 5.41) is 9.60. The molecule has 0 amide bonds. The van der Waals surface area contributed by atoms with Crippen LogP contribution >= 0.6 is 36.4 Å². The van der Waals surface area contributed by atoms with Gasteiger partial charge >= 0.3 is 0 Å². The van der Waals surface area contributed by atoms with E-state index in [2.05, 4.69) is 9.55 Å². The van der Waals surface area contributed by atoms with Gasteiger partial charge in [-0.3, -0.25) is 0 Å². The number of aromatic nitrogens is 2. The number of imidazole rings is 1. The van der Waals surface area contributed by atoms with Crippen LogP contribution < -0.4 is 5.73 Å². The van der Waals surface area contributed by atoms with Crippen LogP contribution in [0.3, 0.4) is 0 Å². The number of aromatic hydroxyl groups is 1. The second-order valence-corrected chi connectivity index (χ2v) is 6.07. The number of nitrogens with one attached hydrogen (secondary N) is 1. The fraction of sp³-hybridized carbons (Fsp3) is 0.308. The highest BCUT2D eigenvalue weighted by Gasteiger charge is 2.23. The third kappa shape index (κ3) is 2.74. The minimum Gasteiger partial charge on any atom is -0.508 e. The first-order valence-electron chi connectivity index (χ1n) is 6.12. The average Bonchev–Trinajstić information content (AvgIpc) is 2.79. The van der Waals surface area contributed by atoms with Crippen molar-refractivity contribution in [2.45, 2.75) is 23.9 Å². The Morgan fingerprint density at radius 1 is 1.50 bits per heavy atom. The van der Waals surface area contributed by atoms with Gasteiger partial charge in [0.05, 0.1) is 5.69 Å². The minimum atomic E-state index is 0. The molecule has 0 bridgehead atoms. The first-order valence-corrected chi connectivity index (χ1v) is 7.52. The highest BCUT2D eigenvalue weighted by atomic mass is 35.5. The van der Waals surface area contributed by atoms with E-state index >= 15 is 0 Å². The molecular formula is C13H16ClN3OS2. The molecule has 0 saturated carbocycles. The molecule has 0 radical (unpaired) electrons. The van der Waals surface area contributed by atoms with E-state index in [9.17, 15) is 5.11 Å². The fourth-order valence-electron chi connectivity index (χ4n) is 2.50. The van der Waals surface area contributed by atoms with Crippen molar-refractivity contribution in [2.75, 3.05) is 5.75 Å². The molecule has 0 aliphatic carbocycles. The summed E-state index contributed by atoms with van der Waals surface area (Å²) < 4.78 is 2.82. The predicted molar refractivity (Wildman–Crippen MR) is 86.3 cm³/mol. The van der Waals surface area contributed by atoms with Crippen LogP contribution in [0.15, 0.2) is 29.3 Å². The Bertz CT molecular complexity index is 668. The van der Waals surface area contributed by atoms with Crippen molar-refractivity contribution < 1.29 is 5.11 Å². The summed E-state index contributed by atoms with van der Waals surface area (Å²) in [5.41, 5.74) is 7.96. The van der Waals surface area contributed by atoms with Crippen molar-refractivity contribution in [3.05, 3.63) is 40.4 Å². The van der Waals surface area contributed by atoms with Crippen molar-refractivity contribution in [3.8, 4) is 5.75 Å². The van der Waals surface area contributed by atoms with Gasteiger partial charge in [-0.15, -0.1) is 24.2 Å². The van der Waals surface area contributed by atoms with Crippen LogP contribution in [-0.2, 0) is 13.0 Å². The van der Waals surface area contributed by atoms with E-state index in [0.717, 1.165) is 22.6 Å². The number of thioether (sulfide) groups is 1. The van der Waals surface area contributed by atoms with Crippen molar-refractivity contribution >= 4 is 36.4 Å². The Labute approximate surface area is 132 Å². The van der Waals surface area contributed by atoms with Crippen LogP contribution in [0.2, 0.25) is 0 Å². The number of phenols is 1. The molecule has 1 aliphatic heterocycles. The van der Waals surface area contributed by atoms with Gasteiger partial charge in [0.2, 0.25) is 0 Å². The number of H-pyrrole nitrogens is 1. The number of hydrogen-bond donors (Lipinski definition) is 3. The summed E-state index contributed by atoms with van der Waals surface area (Å²) in [6.45, 7) is 0.473. The second kappa shape index (κ2) is 6.22. The van der Waals surface area contributed by atoms with Crippen molar-refractivity contribution in [1.29, 1.82) is 0 Å². The van der Waals surface area contributed by atoms with Gasteiger partial charge in [-0.2, -0.15) is 0 Å². The molecule has 7 heteroatoms. The van der Waals surface area contributed by atoms with Gasteiger partial charge in [-0.05, 0) is 42.4 Å². The monoisotopic (exact) mass is 329 g/mol. The molecule has 20 heavy (non-hydrogen) atoms. The molecule has 2 heterocycles. The second-order valence-electron chi connectivity index (χ2n) is 4.62. The van der Waals surface area contributed by atoms with Crippen LogP contribution in [0.4, 0.5) is 0 Å². The predicted octanol–water partition coefficient (Wildman–Crippen LogP) is 3.02. The topological polar surface area (TPSA) is 67.0 Å². The Morgan fingerprint density at radius 3 is 3.05 bits per heavy atom. The van der Waals surface area contributed by atoms with Gasteiger partial charge < -0.3 is 20.4 Å². The van der Waals surface area contributed by atoms with Crippen LogP contribution in [0.5, 0.6) is 5.75 Å². The molecule has 3 rings (SSSR count). The molecule has 0 saturated heterocycles. The van der Waals surface area contributed by atoms with Gasteiger partial charge in [0.1, 0.15) is 5.75 Å². The summed E-state index contributed by atoms with van der Waals surface area (Å²) in [4.78, 5) is 4.30. The van der Waals surface area contributed by atoms with E-state index in [1.165, 1.54) is 10.5 Å². The summed E-state index contributed by atoms with van der Waals surface area (Å²) in [7, 11) is 0. The maximum absolute atomic E-state index is 9.60. The average molecular weight is 330 g/mol. The Morgan fingerprint density at radius 2 is 2.30 bits per heavy atom. The number of fused-ring (bicyclic) bond motifs is 1. The van der Waals surface area contributed by atoms with Gasteiger partial charge in [-0.1, -0.05) is 0 Å². The highest BCUT2D eigenvalue weighted by molar-refractivity contribution is 7.99. The normalized spacial score (nSPS) is 17.4. The minimum absolute atomic E-state index is 0. The molecule has 4 nitrogen and oxygen atoms in total. The lowest BCUT2D eigenvalue weighted by Gasteiger charge is -2.26. The van der Waals surface area contributed by atoms with E-state index < -0.39 is 0 Å². The number of hydrogen-bond acceptors (Lipinski definition) is 4. The third-order valence-corrected chi connectivity index (χ3v) is 4.97. The largest absolute Gasteiger partial charge is 0.508 e. The number of phenolic OH excluding ortho intramolecular Hbond substituents is 1. The third-order valence-electron chi connectivity index (χ3n) is 3.40. The lowest BCUT2D eigenvalue weighted by molar-refractivity contribution is 0.470. The number of nitrogens with two attached hydrogens (primary N) is 1. The van der Waals surface area contributed by atoms with Crippen LogP contribution in [0.1, 0.15) is 17.3 Å². The standard InChI is InChI=1S/C13H15N3OS2.ClH/c14-5-10-6-15-13(18)16(10)9-3-8-4-11(17)1-2-12(8)19-7-9;/h1-2,4,6,9,17H,3,5,7,14H2,(H,15,18);1H. The molecule has 108 valence electrons. The fourth-order valence-corrected chi connectivity index (χ4v) is 3.96. The van der Waals surface area contributed by atoms with E-state index in [-0.39, 0.29) is 18.4 Å². The summed E-state index contributed by atoms with van der Waals surface area (Å²) in [5.74, 6) is 1.29. The zero-order valence-electron chi connectivity index (χ0n) is 10.7. The van der Waals surface area contributed by atoms with Crippen LogP contribution in [-0.4, -0.2) is 20.4 Å². The van der Waals surface area contributed by atoms with Gasteiger partial charge in [0, 0.05) is 29.4 Å². The molecular weight excluding hydrogens is 314 g/mol. The molecule has 1 aromatic carbocycles. The van der Waals surface area contributed by atoms with Crippen LogP contribution in [0, 0.1) is 4.77 Å². The summed E-state index contributed by atoms with van der Waals surface area (Å²) in [6.07, 6.45) is 2.75. The quantitative estimate of drug-likeness (QED) is 0.741.